The fraction of sp³-hybridized carbons (Fsp3) is 0.500. The van der Waals surface area contributed by atoms with Crippen molar-refractivity contribution in [3.8, 4) is 5.75 Å². The first-order valence-corrected chi connectivity index (χ1v) is 7.82. The van der Waals surface area contributed by atoms with Crippen LogP contribution >= 0.6 is 11.6 Å². The van der Waals surface area contributed by atoms with Crippen molar-refractivity contribution in [3.63, 3.8) is 0 Å². The molecule has 1 saturated heterocycles. The van der Waals surface area contributed by atoms with Crippen LogP contribution in [0.2, 0.25) is 5.02 Å². The van der Waals surface area contributed by atoms with Crippen molar-refractivity contribution in [1.82, 2.24) is 10.2 Å². The molecule has 5 nitrogen and oxygen atoms in total. The number of benzene rings is 1. The lowest BCUT2D eigenvalue weighted by molar-refractivity contribution is -0.128. The molecular weight excluding hydrogens is 304 g/mol. The highest BCUT2D eigenvalue weighted by molar-refractivity contribution is 6.30. The first-order chi connectivity index (χ1) is 10.5. The first kappa shape index (κ1) is 16.6. The number of carbonyl (C=O) groups excluding carboxylic acids is 2. The molecule has 1 N–H and O–H groups in total. The van der Waals surface area contributed by atoms with Gasteiger partial charge in [0.1, 0.15) is 5.75 Å². The summed E-state index contributed by atoms with van der Waals surface area (Å²) in [4.78, 5) is 25.1. The number of nitrogens with one attached hydrogen (secondary N) is 1. The predicted octanol–water partition coefficient (Wildman–Crippen LogP) is 1.88. The molecule has 6 heteroatoms. The smallest absolute Gasteiger partial charge is 0.225 e. The lowest BCUT2D eigenvalue weighted by atomic mass is 10.1. The average Bonchev–Trinajstić information content (AvgIpc) is 2.81. The molecule has 0 aliphatic carbocycles. The summed E-state index contributed by atoms with van der Waals surface area (Å²) in [7, 11) is 1.72. The number of hydrogen-bond acceptors (Lipinski definition) is 3. The Bertz CT molecular complexity index is 562. The Hall–Kier alpha value is -1.75. The van der Waals surface area contributed by atoms with Crippen molar-refractivity contribution >= 4 is 23.4 Å². The Morgan fingerprint density at radius 1 is 1.50 bits per heavy atom. The summed E-state index contributed by atoms with van der Waals surface area (Å²) in [6, 6.07) is 5.48. The standard InChI is InChI=1S/C16H21ClN2O3/c1-3-22-14-5-4-13(17)8-11(14)6-7-18-16(21)12-9-15(20)19(2)10-12/h4-5,8,12H,3,6-7,9-10H2,1-2H3,(H,18,21). The van der Waals surface area contributed by atoms with Crippen LogP contribution in [0.25, 0.3) is 0 Å². The third-order valence-electron chi connectivity index (χ3n) is 3.73. The number of rotatable bonds is 6. The highest BCUT2D eigenvalue weighted by Gasteiger charge is 2.31. The molecule has 1 atom stereocenters. The van der Waals surface area contributed by atoms with Crippen molar-refractivity contribution in [3.05, 3.63) is 28.8 Å². The summed E-state index contributed by atoms with van der Waals surface area (Å²) in [6.45, 7) is 3.49. The number of halogens is 1. The molecule has 0 radical (unpaired) electrons. The molecule has 120 valence electrons. The molecule has 1 heterocycles. The third-order valence-corrected chi connectivity index (χ3v) is 3.96. The maximum Gasteiger partial charge on any atom is 0.225 e. The van der Waals surface area contributed by atoms with E-state index < -0.39 is 0 Å². The van der Waals surface area contributed by atoms with Crippen LogP contribution in [0.5, 0.6) is 5.75 Å². The number of hydrogen-bond donors (Lipinski definition) is 1. The van der Waals surface area contributed by atoms with Crippen LogP contribution in [-0.4, -0.2) is 43.5 Å². The summed E-state index contributed by atoms with van der Waals surface area (Å²) in [5, 5.41) is 3.53. The van der Waals surface area contributed by atoms with E-state index in [9.17, 15) is 9.59 Å². The Kier molecular flexibility index (Phi) is 5.66. The fourth-order valence-corrected chi connectivity index (χ4v) is 2.74. The van der Waals surface area contributed by atoms with Crippen LogP contribution in [0.4, 0.5) is 0 Å². The summed E-state index contributed by atoms with van der Waals surface area (Å²) >= 11 is 6.01. The van der Waals surface area contributed by atoms with Gasteiger partial charge in [-0.25, -0.2) is 0 Å². The molecule has 22 heavy (non-hydrogen) atoms. The van der Waals surface area contributed by atoms with Crippen molar-refractivity contribution in [2.24, 2.45) is 5.92 Å². The summed E-state index contributed by atoms with van der Waals surface area (Å²) < 4.78 is 5.55. The number of carbonyl (C=O) groups is 2. The number of nitrogens with zero attached hydrogens (tertiary/aromatic N) is 1. The van der Waals surface area contributed by atoms with Crippen LogP contribution < -0.4 is 10.1 Å². The molecule has 0 aromatic heterocycles. The summed E-state index contributed by atoms with van der Waals surface area (Å²) in [5.74, 6) is 0.492. The minimum Gasteiger partial charge on any atom is -0.494 e. The number of ether oxygens (including phenoxy) is 1. The SMILES string of the molecule is CCOc1ccc(Cl)cc1CCNC(=O)C1CC(=O)N(C)C1. The van der Waals surface area contributed by atoms with E-state index in [4.69, 9.17) is 16.3 Å². The van der Waals surface area contributed by atoms with Gasteiger partial charge in [-0.1, -0.05) is 11.6 Å². The molecule has 1 aliphatic heterocycles. The van der Waals surface area contributed by atoms with Crippen LogP contribution in [0.1, 0.15) is 18.9 Å². The van der Waals surface area contributed by atoms with Gasteiger partial charge in [-0.05, 0) is 37.1 Å². The van der Waals surface area contributed by atoms with Crippen LogP contribution in [0.15, 0.2) is 18.2 Å². The van der Waals surface area contributed by atoms with Crippen molar-refractivity contribution < 1.29 is 14.3 Å². The van der Waals surface area contributed by atoms with Gasteiger partial charge in [0.15, 0.2) is 0 Å². The molecule has 1 aliphatic rings. The van der Waals surface area contributed by atoms with Crippen molar-refractivity contribution in [2.75, 3.05) is 26.7 Å². The van der Waals surface area contributed by atoms with Gasteiger partial charge >= 0.3 is 0 Å². The number of amides is 2. The largest absolute Gasteiger partial charge is 0.494 e. The van der Waals surface area contributed by atoms with Gasteiger partial charge in [-0.3, -0.25) is 9.59 Å². The third kappa shape index (κ3) is 4.13. The predicted molar refractivity (Wildman–Crippen MR) is 85.1 cm³/mol. The van der Waals surface area contributed by atoms with Gasteiger partial charge in [-0.2, -0.15) is 0 Å². The van der Waals surface area contributed by atoms with E-state index in [0.29, 0.717) is 37.6 Å². The highest BCUT2D eigenvalue weighted by Crippen LogP contribution is 2.23. The van der Waals surface area contributed by atoms with Gasteiger partial charge in [-0.15, -0.1) is 0 Å². The maximum atomic E-state index is 12.1. The lowest BCUT2D eigenvalue weighted by Gasteiger charge is -2.13. The van der Waals surface area contributed by atoms with E-state index in [2.05, 4.69) is 5.32 Å². The van der Waals surface area contributed by atoms with Gasteiger partial charge in [0.05, 0.1) is 12.5 Å². The average molecular weight is 325 g/mol. The van der Waals surface area contributed by atoms with E-state index in [1.165, 1.54) is 0 Å². The lowest BCUT2D eigenvalue weighted by Crippen LogP contribution is -2.33. The second-order valence-corrected chi connectivity index (χ2v) is 5.84. The van der Waals surface area contributed by atoms with Gasteiger partial charge in [0.2, 0.25) is 11.8 Å². The molecule has 1 unspecified atom stereocenters. The Balaban J connectivity index is 1.87. The van der Waals surface area contributed by atoms with E-state index in [1.54, 1.807) is 18.0 Å². The highest BCUT2D eigenvalue weighted by atomic mass is 35.5. The van der Waals surface area contributed by atoms with E-state index >= 15 is 0 Å². The van der Waals surface area contributed by atoms with Gasteiger partial charge in [0, 0.05) is 31.6 Å². The molecule has 1 aromatic rings. The molecule has 1 fully saturated rings. The number of likely N-dealkylation sites (tertiary alicyclic amines) is 1. The molecule has 0 spiro atoms. The van der Waals surface area contributed by atoms with Crippen LogP contribution in [-0.2, 0) is 16.0 Å². The monoisotopic (exact) mass is 324 g/mol. The maximum absolute atomic E-state index is 12.1. The minimum absolute atomic E-state index is 0.0219. The second-order valence-electron chi connectivity index (χ2n) is 5.40. The summed E-state index contributed by atoms with van der Waals surface area (Å²) in [6.07, 6.45) is 0.932. The van der Waals surface area contributed by atoms with Crippen LogP contribution in [0, 0.1) is 5.92 Å². The molecule has 0 bridgehead atoms. The normalized spacial score (nSPS) is 17.7. The van der Waals surface area contributed by atoms with Gasteiger partial charge < -0.3 is 15.0 Å². The molecule has 0 saturated carbocycles. The van der Waals surface area contributed by atoms with E-state index in [0.717, 1.165) is 11.3 Å². The Morgan fingerprint density at radius 2 is 2.27 bits per heavy atom. The van der Waals surface area contributed by atoms with E-state index in [1.807, 2.05) is 19.1 Å². The fourth-order valence-electron chi connectivity index (χ4n) is 2.54. The topological polar surface area (TPSA) is 58.6 Å². The zero-order valence-electron chi connectivity index (χ0n) is 12.9. The Labute approximate surface area is 135 Å². The first-order valence-electron chi connectivity index (χ1n) is 7.44. The molecule has 2 amide bonds. The van der Waals surface area contributed by atoms with Crippen molar-refractivity contribution in [1.29, 1.82) is 0 Å². The van der Waals surface area contributed by atoms with Crippen molar-refractivity contribution in [2.45, 2.75) is 19.8 Å². The zero-order chi connectivity index (χ0) is 16.1. The van der Waals surface area contributed by atoms with E-state index in [-0.39, 0.29) is 17.7 Å². The molecule has 2 rings (SSSR count). The van der Waals surface area contributed by atoms with Gasteiger partial charge in [0.25, 0.3) is 0 Å². The quantitative estimate of drug-likeness (QED) is 0.869. The van der Waals surface area contributed by atoms with Crippen LogP contribution in [0.3, 0.4) is 0 Å². The second kappa shape index (κ2) is 7.49. The Morgan fingerprint density at radius 3 is 2.91 bits per heavy atom. The zero-order valence-corrected chi connectivity index (χ0v) is 13.7. The summed E-state index contributed by atoms with van der Waals surface area (Å²) in [5.41, 5.74) is 0.967. The minimum atomic E-state index is -0.247. The molecule has 1 aromatic carbocycles. The molecular formula is C16H21ClN2O3.